The molecule has 4 rings (SSSR count). The fourth-order valence-electron chi connectivity index (χ4n) is 5.26. The van der Waals surface area contributed by atoms with Crippen molar-refractivity contribution in [1.82, 2.24) is 25.9 Å². The Bertz CT molecular complexity index is 1700. The molecular formula is C32H39N7O6. The maximum Gasteiger partial charge on any atom is 0.326 e. The molecule has 238 valence electrons. The van der Waals surface area contributed by atoms with Crippen LogP contribution >= 0.6 is 0 Å². The number of carbonyl (C=O) groups is 5. The highest BCUT2D eigenvalue weighted by molar-refractivity contribution is 5.96. The van der Waals surface area contributed by atoms with Crippen molar-refractivity contribution < 1.29 is 29.1 Å². The number of carbonyl (C=O) groups excluding carboxylic acids is 4. The van der Waals surface area contributed by atoms with Gasteiger partial charge in [-0.25, -0.2) is 4.79 Å². The van der Waals surface area contributed by atoms with Gasteiger partial charge in [-0.2, -0.15) is 0 Å². The minimum atomic E-state index is -1.41. The maximum absolute atomic E-state index is 13.4. The molecule has 4 amide bonds. The second kappa shape index (κ2) is 14.5. The van der Waals surface area contributed by atoms with Gasteiger partial charge < -0.3 is 42.5 Å². The summed E-state index contributed by atoms with van der Waals surface area (Å²) in [4.78, 5) is 70.1. The molecule has 0 radical (unpaired) electrons. The van der Waals surface area contributed by atoms with E-state index in [0.717, 1.165) is 27.4 Å². The van der Waals surface area contributed by atoms with E-state index in [9.17, 15) is 29.1 Å². The number of primary amides is 1. The molecule has 0 aliphatic rings. The van der Waals surface area contributed by atoms with Crippen LogP contribution in [0, 0.1) is 5.92 Å². The Morgan fingerprint density at radius 2 is 1.31 bits per heavy atom. The van der Waals surface area contributed by atoms with E-state index in [1.165, 1.54) is 0 Å². The molecule has 13 nitrogen and oxygen atoms in total. The lowest BCUT2D eigenvalue weighted by Crippen LogP contribution is -2.59. The van der Waals surface area contributed by atoms with Gasteiger partial charge in [0.2, 0.25) is 23.6 Å². The van der Waals surface area contributed by atoms with Gasteiger partial charge in [0.1, 0.15) is 18.1 Å². The minimum absolute atomic E-state index is 0.000927. The lowest BCUT2D eigenvalue weighted by Gasteiger charge is -2.28. The molecule has 2 aromatic carbocycles. The van der Waals surface area contributed by atoms with Crippen LogP contribution in [0.1, 0.15) is 37.8 Å². The van der Waals surface area contributed by atoms with Gasteiger partial charge in [-0.3, -0.25) is 19.2 Å². The number of para-hydroxylation sites is 2. The standard InChI is InChI=1S/C32H39N7O6/c1-3-17(2)28(31(43)38-26(32(44)45)13-19-16-36-24-11-7-5-9-21(19)24)39-30(42)25(14-27(34)40)37-29(41)22(33)12-18-15-35-23-10-6-4-8-20(18)23/h4-11,15-17,22,25-26,28,35-36H,3,12-14,33H2,1-2H3,(H2,34,40)(H,37,41)(H,38,43)(H,39,42)(H,44,45). The molecule has 0 bridgehead atoms. The first-order valence-electron chi connectivity index (χ1n) is 14.8. The van der Waals surface area contributed by atoms with Crippen LogP contribution in [0.25, 0.3) is 21.8 Å². The highest BCUT2D eigenvalue weighted by atomic mass is 16.4. The molecule has 0 spiro atoms. The zero-order chi connectivity index (χ0) is 32.7. The number of amides is 4. The average Bonchev–Trinajstić information content (AvgIpc) is 3.62. The van der Waals surface area contributed by atoms with E-state index in [4.69, 9.17) is 11.5 Å². The third-order valence-electron chi connectivity index (χ3n) is 8.00. The second-order valence-corrected chi connectivity index (χ2v) is 11.2. The number of carboxylic acid groups (broad SMARTS) is 1. The first kappa shape index (κ1) is 32.7. The number of carboxylic acids is 1. The summed E-state index contributed by atoms with van der Waals surface area (Å²) in [5, 5.41) is 19.3. The zero-order valence-electron chi connectivity index (χ0n) is 25.1. The van der Waals surface area contributed by atoms with E-state index < -0.39 is 66.1 Å². The molecule has 13 heteroatoms. The van der Waals surface area contributed by atoms with Crippen LogP contribution in [0.2, 0.25) is 0 Å². The summed E-state index contributed by atoms with van der Waals surface area (Å²) in [7, 11) is 0. The van der Waals surface area contributed by atoms with Crippen LogP contribution in [0.5, 0.6) is 0 Å². The number of aliphatic carboxylic acids is 1. The fourth-order valence-corrected chi connectivity index (χ4v) is 5.26. The Hall–Kier alpha value is -5.17. The number of fused-ring (bicyclic) bond motifs is 2. The van der Waals surface area contributed by atoms with Gasteiger partial charge in [-0.15, -0.1) is 0 Å². The van der Waals surface area contributed by atoms with Crippen LogP contribution < -0.4 is 27.4 Å². The SMILES string of the molecule is CCC(C)C(NC(=O)C(CC(N)=O)NC(=O)C(N)Cc1c[nH]c2ccccc12)C(=O)NC(Cc1c[nH]c2ccccc12)C(=O)O. The largest absolute Gasteiger partial charge is 0.480 e. The number of hydrogen-bond donors (Lipinski definition) is 8. The first-order chi connectivity index (χ1) is 21.5. The van der Waals surface area contributed by atoms with E-state index in [-0.39, 0.29) is 12.8 Å². The third-order valence-corrected chi connectivity index (χ3v) is 8.00. The van der Waals surface area contributed by atoms with Gasteiger partial charge >= 0.3 is 5.97 Å². The molecule has 0 fully saturated rings. The van der Waals surface area contributed by atoms with Crippen molar-refractivity contribution in [2.24, 2.45) is 17.4 Å². The van der Waals surface area contributed by atoms with Crippen LogP contribution in [0.15, 0.2) is 60.9 Å². The smallest absolute Gasteiger partial charge is 0.326 e. The quantitative estimate of drug-likeness (QED) is 0.0972. The summed E-state index contributed by atoms with van der Waals surface area (Å²) in [5.74, 6) is -4.75. The van der Waals surface area contributed by atoms with Crippen molar-refractivity contribution in [3.05, 3.63) is 72.1 Å². The number of aromatic nitrogens is 2. The van der Waals surface area contributed by atoms with Crippen molar-refractivity contribution in [2.45, 2.75) is 63.7 Å². The molecule has 0 aliphatic carbocycles. The number of rotatable bonds is 15. The molecule has 2 heterocycles. The molecule has 0 saturated heterocycles. The monoisotopic (exact) mass is 617 g/mol. The van der Waals surface area contributed by atoms with E-state index in [2.05, 4.69) is 25.9 Å². The summed E-state index contributed by atoms with van der Waals surface area (Å²) >= 11 is 0. The summed E-state index contributed by atoms with van der Waals surface area (Å²) in [6, 6.07) is 10.00. The topological polar surface area (TPSA) is 225 Å². The molecule has 2 aromatic heterocycles. The number of aromatic amines is 2. The van der Waals surface area contributed by atoms with E-state index in [0.29, 0.717) is 12.0 Å². The number of benzene rings is 2. The van der Waals surface area contributed by atoms with Crippen LogP contribution in [-0.2, 0) is 36.8 Å². The molecule has 45 heavy (non-hydrogen) atoms. The normalized spacial score (nSPS) is 14.6. The Morgan fingerprint density at radius 1 is 0.778 bits per heavy atom. The number of hydrogen-bond acceptors (Lipinski definition) is 6. The molecule has 4 aromatic rings. The third kappa shape index (κ3) is 8.06. The molecule has 5 unspecified atom stereocenters. The minimum Gasteiger partial charge on any atom is -0.480 e. The van der Waals surface area contributed by atoms with Gasteiger partial charge in [0.25, 0.3) is 0 Å². The summed E-state index contributed by atoms with van der Waals surface area (Å²) in [5.41, 5.74) is 14.8. The zero-order valence-corrected chi connectivity index (χ0v) is 25.1. The van der Waals surface area contributed by atoms with Gasteiger partial charge in [-0.1, -0.05) is 56.7 Å². The maximum atomic E-state index is 13.4. The Kier molecular flexibility index (Phi) is 10.6. The van der Waals surface area contributed by atoms with Crippen molar-refractivity contribution in [3.8, 4) is 0 Å². The molecular weight excluding hydrogens is 578 g/mol. The number of H-pyrrole nitrogens is 2. The van der Waals surface area contributed by atoms with Gasteiger partial charge in [0.05, 0.1) is 12.5 Å². The van der Waals surface area contributed by atoms with Gasteiger partial charge in [-0.05, 0) is 35.6 Å². The summed E-state index contributed by atoms with van der Waals surface area (Å²) in [6.07, 6.45) is 3.53. The summed E-state index contributed by atoms with van der Waals surface area (Å²) in [6.45, 7) is 3.53. The molecule has 0 aliphatic heterocycles. The van der Waals surface area contributed by atoms with Crippen molar-refractivity contribution >= 4 is 51.4 Å². The van der Waals surface area contributed by atoms with E-state index in [1.54, 1.807) is 19.3 Å². The lowest BCUT2D eigenvalue weighted by atomic mass is 9.96. The Labute approximate surface area is 259 Å². The molecule has 10 N–H and O–H groups in total. The Balaban J connectivity index is 1.45. The highest BCUT2D eigenvalue weighted by Crippen LogP contribution is 2.20. The van der Waals surface area contributed by atoms with Crippen LogP contribution in [-0.4, -0.2) is 68.8 Å². The first-order valence-corrected chi connectivity index (χ1v) is 14.8. The molecule has 5 atom stereocenters. The van der Waals surface area contributed by atoms with Crippen molar-refractivity contribution in [3.63, 3.8) is 0 Å². The molecule has 0 saturated carbocycles. The highest BCUT2D eigenvalue weighted by Gasteiger charge is 2.33. The van der Waals surface area contributed by atoms with Crippen LogP contribution in [0.4, 0.5) is 0 Å². The predicted octanol–water partition coefficient (Wildman–Crippen LogP) is 1.22. The fraction of sp³-hybridized carbons (Fsp3) is 0.344. The second-order valence-electron chi connectivity index (χ2n) is 11.2. The average molecular weight is 618 g/mol. The van der Waals surface area contributed by atoms with Crippen LogP contribution in [0.3, 0.4) is 0 Å². The predicted molar refractivity (Wildman–Crippen MR) is 169 cm³/mol. The Morgan fingerprint density at radius 3 is 1.84 bits per heavy atom. The number of nitrogens with two attached hydrogens (primary N) is 2. The van der Waals surface area contributed by atoms with Gasteiger partial charge in [0.15, 0.2) is 0 Å². The van der Waals surface area contributed by atoms with Gasteiger partial charge in [0, 0.05) is 40.6 Å². The van der Waals surface area contributed by atoms with E-state index >= 15 is 0 Å². The van der Waals surface area contributed by atoms with Crippen molar-refractivity contribution in [1.29, 1.82) is 0 Å². The summed E-state index contributed by atoms with van der Waals surface area (Å²) < 4.78 is 0. The van der Waals surface area contributed by atoms with E-state index in [1.807, 2.05) is 55.5 Å². The lowest BCUT2D eigenvalue weighted by molar-refractivity contribution is -0.142. The van der Waals surface area contributed by atoms with Crippen molar-refractivity contribution in [2.75, 3.05) is 0 Å². The number of nitrogens with one attached hydrogen (secondary N) is 5.